The molecule has 9 nitrogen and oxygen atoms in total. The molecule has 178 valence electrons. The Bertz CT molecular complexity index is 623. The Kier molecular flexibility index (Phi) is 11.9. The van der Waals surface area contributed by atoms with E-state index in [1.54, 1.807) is 0 Å². The van der Waals surface area contributed by atoms with Crippen LogP contribution in [-0.4, -0.2) is 71.5 Å². The van der Waals surface area contributed by atoms with Gasteiger partial charge in [-0.25, -0.2) is 4.79 Å². The van der Waals surface area contributed by atoms with Gasteiger partial charge in [-0.2, -0.15) is 11.8 Å². The molecule has 4 unspecified atom stereocenters. The molecule has 1 rings (SSSR count). The summed E-state index contributed by atoms with van der Waals surface area (Å²) in [6, 6.07) is -2.99. The van der Waals surface area contributed by atoms with Crippen LogP contribution in [0.2, 0.25) is 0 Å². The van der Waals surface area contributed by atoms with Crippen LogP contribution in [0, 0.1) is 11.8 Å². The average Bonchev–Trinajstić information content (AvgIpc) is 3.22. The monoisotopic (exact) mass is 458 g/mol. The third-order valence-electron chi connectivity index (χ3n) is 5.19. The second-order valence-corrected chi connectivity index (χ2v) is 9.74. The molecule has 4 atom stereocenters. The number of aliphatic carboxylic acids is 1. The number of amides is 3. The smallest absolute Gasteiger partial charge is 0.326 e. The normalized spacial score (nSPS) is 19.0. The molecule has 0 saturated carbocycles. The van der Waals surface area contributed by atoms with Crippen LogP contribution in [-0.2, 0) is 19.2 Å². The number of hydrogen-bond donors (Lipinski definition) is 5. The van der Waals surface area contributed by atoms with Crippen LogP contribution in [0.3, 0.4) is 0 Å². The van der Waals surface area contributed by atoms with Crippen LogP contribution in [0.5, 0.6) is 0 Å². The summed E-state index contributed by atoms with van der Waals surface area (Å²) in [4.78, 5) is 49.8. The molecule has 1 aliphatic heterocycles. The van der Waals surface area contributed by atoms with Crippen molar-refractivity contribution in [3.05, 3.63) is 0 Å². The molecule has 1 saturated heterocycles. The van der Waals surface area contributed by atoms with Crippen LogP contribution in [0.1, 0.15) is 53.4 Å². The molecule has 0 spiro atoms. The van der Waals surface area contributed by atoms with Crippen molar-refractivity contribution in [1.82, 2.24) is 21.3 Å². The zero-order valence-electron chi connectivity index (χ0n) is 19.2. The molecule has 0 aliphatic carbocycles. The van der Waals surface area contributed by atoms with E-state index in [0.29, 0.717) is 18.6 Å². The SMILES string of the molecule is CSCCC(NC(=O)C(CC(C)C)NC(=O)C(NC(=O)C1CCCN1)C(C)C)C(=O)O. The van der Waals surface area contributed by atoms with Crippen LogP contribution in [0.4, 0.5) is 0 Å². The summed E-state index contributed by atoms with van der Waals surface area (Å²) in [7, 11) is 0. The number of hydrogen-bond acceptors (Lipinski definition) is 6. The van der Waals surface area contributed by atoms with Gasteiger partial charge in [0.1, 0.15) is 18.1 Å². The lowest BCUT2D eigenvalue weighted by atomic mass is 9.99. The molecule has 5 N–H and O–H groups in total. The van der Waals surface area contributed by atoms with E-state index in [2.05, 4.69) is 21.3 Å². The molecular weight excluding hydrogens is 420 g/mol. The van der Waals surface area contributed by atoms with Gasteiger partial charge in [-0.3, -0.25) is 14.4 Å². The third-order valence-corrected chi connectivity index (χ3v) is 5.83. The topological polar surface area (TPSA) is 137 Å². The summed E-state index contributed by atoms with van der Waals surface area (Å²) < 4.78 is 0. The molecule has 1 aliphatic rings. The Labute approximate surface area is 189 Å². The molecule has 0 aromatic heterocycles. The van der Waals surface area contributed by atoms with Crippen molar-refractivity contribution in [3.63, 3.8) is 0 Å². The summed E-state index contributed by atoms with van der Waals surface area (Å²) in [6.07, 6.45) is 4.15. The van der Waals surface area contributed by atoms with E-state index in [1.807, 2.05) is 34.0 Å². The van der Waals surface area contributed by atoms with Gasteiger partial charge in [0, 0.05) is 0 Å². The van der Waals surface area contributed by atoms with E-state index in [-0.39, 0.29) is 23.8 Å². The second kappa shape index (κ2) is 13.6. The molecule has 1 heterocycles. The van der Waals surface area contributed by atoms with E-state index in [0.717, 1.165) is 19.4 Å². The zero-order valence-corrected chi connectivity index (χ0v) is 20.0. The van der Waals surface area contributed by atoms with Gasteiger partial charge >= 0.3 is 5.97 Å². The lowest BCUT2D eigenvalue weighted by Crippen LogP contribution is -2.58. The minimum absolute atomic E-state index is 0.0975. The van der Waals surface area contributed by atoms with Crippen molar-refractivity contribution in [1.29, 1.82) is 0 Å². The summed E-state index contributed by atoms with van der Waals surface area (Å²) in [5, 5.41) is 20.6. The van der Waals surface area contributed by atoms with Crippen molar-refractivity contribution in [2.75, 3.05) is 18.6 Å². The first kappa shape index (κ1) is 27.2. The van der Waals surface area contributed by atoms with Crippen LogP contribution >= 0.6 is 11.8 Å². The van der Waals surface area contributed by atoms with Crippen LogP contribution < -0.4 is 21.3 Å². The number of carbonyl (C=O) groups excluding carboxylic acids is 3. The molecule has 10 heteroatoms. The van der Waals surface area contributed by atoms with E-state index in [1.165, 1.54) is 11.8 Å². The van der Waals surface area contributed by atoms with Gasteiger partial charge in [0.25, 0.3) is 0 Å². The standard InChI is InChI=1S/C21H38N4O5S/c1-12(2)11-16(19(27)23-15(21(29)30)8-10-31-5)24-20(28)17(13(3)4)25-18(26)14-7-6-9-22-14/h12-17,22H,6-11H2,1-5H3,(H,23,27)(H,24,28)(H,25,26)(H,29,30). The number of thioether (sulfide) groups is 1. The van der Waals surface area contributed by atoms with Gasteiger partial charge in [-0.1, -0.05) is 27.7 Å². The van der Waals surface area contributed by atoms with E-state index in [9.17, 15) is 24.3 Å². The first-order chi connectivity index (χ1) is 14.6. The molecule has 0 aromatic rings. The summed E-state index contributed by atoms with van der Waals surface area (Å²) in [6.45, 7) is 8.26. The van der Waals surface area contributed by atoms with Gasteiger partial charge in [0.15, 0.2) is 0 Å². The predicted octanol–water partition coefficient (Wildman–Crippen LogP) is 0.733. The Balaban J connectivity index is 2.86. The van der Waals surface area contributed by atoms with Crippen molar-refractivity contribution >= 4 is 35.5 Å². The lowest BCUT2D eigenvalue weighted by Gasteiger charge is -2.27. The number of carboxylic acids is 1. The first-order valence-electron chi connectivity index (χ1n) is 10.9. The highest BCUT2D eigenvalue weighted by Gasteiger charge is 2.32. The maximum atomic E-state index is 13.0. The van der Waals surface area contributed by atoms with Crippen LogP contribution in [0.25, 0.3) is 0 Å². The van der Waals surface area contributed by atoms with Gasteiger partial charge in [-0.15, -0.1) is 0 Å². The van der Waals surface area contributed by atoms with Gasteiger partial charge in [-0.05, 0) is 56.1 Å². The highest BCUT2D eigenvalue weighted by atomic mass is 32.2. The Morgan fingerprint density at radius 3 is 2.16 bits per heavy atom. The van der Waals surface area contributed by atoms with E-state index in [4.69, 9.17) is 0 Å². The van der Waals surface area contributed by atoms with Crippen molar-refractivity contribution < 1.29 is 24.3 Å². The van der Waals surface area contributed by atoms with Gasteiger partial charge < -0.3 is 26.4 Å². The van der Waals surface area contributed by atoms with Gasteiger partial charge in [0.2, 0.25) is 17.7 Å². The predicted molar refractivity (Wildman–Crippen MR) is 122 cm³/mol. The third kappa shape index (κ3) is 9.47. The molecule has 0 radical (unpaired) electrons. The summed E-state index contributed by atoms with van der Waals surface area (Å²) in [5.74, 6) is -1.79. The highest BCUT2D eigenvalue weighted by molar-refractivity contribution is 7.98. The van der Waals surface area contributed by atoms with Crippen molar-refractivity contribution in [3.8, 4) is 0 Å². The molecule has 0 aromatic carbocycles. The first-order valence-corrected chi connectivity index (χ1v) is 12.3. The lowest BCUT2D eigenvalue weighted by molar-refractivity contribution is -0.142. The zero-order chi connectivity index (χ0) is 23.6. The molecule has 1 fully saturated rings. The molecular formula is C21H38N4O5S. The van der Waals surface area contributed by atoms with E-state index >= 15 is 0 Å². The highest BCUT2D eigenvalue weighted by Crippen LogP contribution is 2.11. The quantitative estimate of drug-likeness (QED) is 0.274. The Morgan fingerprint density at radius 1 is 1.03 bits per heavy atom. The van der Waals surface area contributed by atoms with Crippen molar-refractivity contribution in [2.45, 2.75) is 77.5 Å². The number of rotatable bonds is 13. The van der Waals surface area contributed by atoms with Crippen molar-refractivity contribution in [2.24, 2.45) is 11.8 Å². The second-order valence-electron chi connectivity index (χ2n) is 8.75. The Hall–Kier alpha value is -1.81. The number of nitrogens with one attached hydrogen (secondary N) is 4. The fourth-order valence-electron chi connectivity index (χ4n) is 3.43. The molecule has 0 bridgehead atoms. The fraction of sp³-hybridized carbons (Fsp3) is 0.810. The number of carboxylic acid groups (broad SMARTS) is 1. The summed E-state index contributed by atoms with van der Waals surface area (Å²) >= 11 is 1.50. The molecule has 3 amide bonds. The maximum Gasteiger partial charge on any atom is 0.326 e. The van der Waals surface area contributed by atoms with E-state index < -0.39 is 35.9 Å². The summed E-state index contributed by atoms with van der Waals surface area (Å²) in [5.41, 5.74) is 0. The largest absolute Gasteiger partial charge is 0.480 e. The maximum absolute atomic E-state index is 13.0. The van der Waals surface area contributed by atoms with Crippen LogP contribution in [0.15, 0.2) is 0 Å². The fourth-order valence-corrected chi connectivity index (χ4v) is 3.90. The molecule has 31 heavy (non-hydrogen) atoms. The number of carbonyl (C=O) groups is 4. The minimum atomic E-state index is -1.10. The van der Waals surface area contributed by atoms with Gasteiger partial charge in [0.05, 0.1) is 6.04 Å². The Morgan fingerprint density at radius 2 is 1.68 bits per heavy atom. The average molecular weight is 459 g/mol. The minimum Gasteiger partial charge on any atom is -0.480 e.